The lowest BCUT2D eigenvalue weighted by atomic mass is 9.79. The molecule has 0 saturated carbocycles. The Kier molecular flexibility index (Phi) is 9.35. The molecule has 3 amide bonds. The van der Waals surface area contributed by atoms with E-state index >= 15 is 0 Å². The van der Waals surface area contributed by atoms with Crippen LogP contribution in [0.5, 0.6) is 11.5 Å². The number of halogens is 1. The molecule has 3 unspecified atom stereocenters. The monoisotopic (exact) mass is 658 g/mol. The molecule has 2 saturated heterocycles. The number of nitrogens with zero attached hydrogens (tertiary/aromatic N) is 4. The van der Waals surface area contributed by atoms with Crippen LogP contribution in [0.25, 0.3) is 10.9 Å². The average Bonchev–Trinajstić information content (AvgIpc) is 3.67. The molecule has 2 aromatic heterocycles. The highest BCUT2D eigenvalue weighted by Gasteiger charge is 2.47. The van der Waals surface area contributed by atoms with E-state index in [-0.39, 0.29) is 55.2 Å². The van der Waals surface area contributed by atoms with Gasteiger partial charge >= 0.3 is 0 Å². The summed E-state index contributed by atoms with van der Waals surface area (Å²) in [5.41, 5.74) is 3.64. The second kappa shape index (κ2) is 13.6. The number of aryl methyl sites for hydroxylation is 1. The van der Waals surface area contributed by atoms with Crippen molar-refractivity contribution in [2.24, 2.45) is 17.8 Å². The van der Waals surface area contributed by atoms with Gasteiger partial charge in [0.25, 0.3) is 5.91 Å². The molecule has 2 fully saturated rings. The third-order valence-corrected chi connectivity index (χ3v) is 9.23. The zero-order valence-corrected chi connectivity index (χ0v) is 27.7. The summed E-state index contributed by atoms with van der Waals surface area (Å²) in [7, 11) is 1.55. The zero-order chi connectivity index (χ0) is 33.2. The van der Waals surface area contributed by atoms with Gasteiger partial charge in [-0.2, -0.15) is 10.2 Å². The van der Waals surface area contributed by atoms with Crippen LogP contribution >= 0.6 is 11.6 Å². The van der Waals surface area contributed by atoms with Gasteiger partial charge in [0.15, 0.2) is 11.5 Å². The van der Waals surface area contributed by atoms with E-state index in [2.05, 4.69) is 20.5 Å². The Labute approximate surface area is 278 Å². The molecule has 0 bridgehead atoms. The van der Waals surface area contributed by atoms with Crippen LogP contribution in [0.1, 0.15) is 41.2 Å². The highest BCUT2D eigenvalue weighted by atomic mass is 35.5. The van der Waals surface area contributed by atoms with Gasteiger partial charge in [0, 0.05) is 53.9 Å². The normalized spacial score (nSPS) is 19.1. The minimum atomic E-state index is -0.507. The molecule has 246 valence electrons. The summed E-state index contributed by atoms with van der Waals surface area (Å²) in [5.74, 6) is -0.0492. The van der Waals surface area contributed by atoms with Gasteiger partial charge < -0.3 is 29.6 Å². The number of aromatic amines is 1. The van der Waals surface area contributed by atoms with E-state index in [1.165, 1.54) is 0 Å². The minimum Gasteiger partial charge on any atom is -0.493 e. The van der Waals surface area contributed by atoms with E-state index in [0.717, 1.165) is 22.2 Å². The Morgan fingerprint density at radius 2 is 1.81 bits per heavy atom. The van der Waals surface area contributed by atoms with Gasteiger partial charge in [-0.15, -0.1) is 0 Å². The van der Waals surface area contributed by atoms with Crippen LogP contribution in [0, 0.1) is 24.7 Å². The van der Waals surface area contributed by atoms with Gasteiger partial charge in [-0.25, -0.2) is 0 Å². The summed E-state index contributed by atoms with van der Waals surface area (Å²) in [6.07, 6.45) is 1.97. The number of fused-ring (bicyclic) bond motifs is 2. The number of H-pyrrole nitrogens is 1. The van der Waals surface area contributed by atoms with E-state index in [0.29, 0.717) is 47.4 Å². The Morgan fingerprint density at radius 3 is 2.55 bits per heavy atom. The predicted octanol–water partition coefficient (Wildman–Crippen LogP) is 4.42. The molecule has 47 heavy (non-hydrogen) atoms. The number of methoxy groups -OCH3 is 1. The summed E-state index contributed by atoms with van der Waals surface area (Å²) in [6.45, 7) is 7.48. The standard InChI is InChI=1S/C35H39ClN6O5/c1-20(2)47-31-10-6-22(11-32(31)46-4)35(45)42-17-24-16-41(33(43)12-23-14-37-30-13-25(36)7-9-27(23)30)19-29(28(24)18-42)34(44)38-15-26-8-5-21(3)39-40-26/h5-11,13-14,20,24,28-29,37H,12,15-19H2,1-4H3,(H,38,44). The quantitative estimate of drug-likeness (QED) is 0.272. The van der Waals surface area contributed by atoms with Crippen LogP contribution in [0.3, 0.4) is 0 Å². The summed E-state index contributed by atoms with van der Waals surface area (Å²) in [5, 5.41) is 12.8. The number of rotatable bonds is 9. The van der Waals surface area contributed by atoms with Crippen molar-refractivity contribution in [2.75, 3.05) is 33.3 Å². The smallest absolute Gasteiger partial charge is 0.254 e. The third kappa shape index (κ3) is 7.05. The molecule has 6 rings (SSSR count). The van der Waals surface area contributed by atoms with Gasteiger partial charge in [-0.1, -0.05) is 17.7 Å². The number of carbonyl (C=O) groups excluding carboxylic acids is 3. The number of hydrogen-bond donors (Lipinski definition) is 2. The molecule has 3 atom stereocenters. The topological polar surface area (TPSA) is 130 Å². The van der Waals surface area contributed by atoms with Gasteiger partial charge in [0.05, 0.1) is 43.5 Å². The van der Waals surface area contributed by atoms with Crippen molar-refractivity contribution < 1.29 is 23.9 Å². The van der Waals surface area contributed by atoms with Crippen LogP contribution in [-0.2, 0) is 22.6 Å². The molecule has 4 aromatic rings. The fourth-order valence-corrected chi connectivity index (χ4v) is 6.84. The van der Waals surface area contributed by atoms with E-state index in [1.54, 1.807) is 41.2 Å². The van der Waals surface area contributed by atoms with Crippen LogP contribution in [0.2, 0.25) is 5.02 Å². The molecule has 4 heterocycles. The Bertz CT molecular complexity index is 1790. The fraction of sp³-hybridized carbons (Fsp3) is 0.400. The van der Waals surface area contributed by atoms with E-state index in [9.17, 15) is 14.4 Å². The Morgan fingerprint density at radius 1 is 1.00 bits per heavy atom. The molecular weight excluding hydrogens is 620 g/mol. The highest BCUT2D eigenvalue weighted by Crippen LogP contribution is 2.37. The number of amides is 3. The van der Waals surface area contributed by atoms with Crippen LogP contribution in [-0.4, -0.2) is 82.1 Å². The van der Waals surface area contributed by atoms with Crippen LogP contribution in [0.15, 0.2) is 54.7 Å². The summed E-state index contributed by atoms with van der Waals surface area (Å²) in [6, 6.07) is 14.4. The van der Waals surface area contributed by atoms with Crippen LogP contribution in [0.4, 0.5) is 0 Å². The molecule has 2 aliphatic heterocycles. The maximum Gasteiger partial charge on any atom is 0.254 e. The summed E-state index contributed by atoms with van der Waals surface area (Å²) in [4.78, 5) is 48.1. The number of ether oxygens (including phenoxy) is 2. The number of likely N-dealkylation sites (tertiary alicyclic amines) is 2. The predicted molar refractivity (Wildman–Crippen MR) is 177 cm³/mol. The summed E-state index contributed by atoms with van der Waals surface area (Å²) < 4.78 is 11.3. The van der Waals surface area contributed by atoms with Gasteiger partial charge in [-0.05, 0) is 80.6 Å². The van der Waals surface area contributed by atoms with Gasteiger partial charge in [-0.3, -0.25) is 14.4 Å². The first-order chi connectivity index (χ1) is 22.6. The molecule has 12 heteroatoms. The van der Waals surface area contributed by atoms with E-state index in [1.807, 2.05) is 51.2 Å². The maximum absolute atomic E-state index is 13.8. The largest absolute Gasteiger partial charge is 0.493 e. The van der Waals surface area contributed by atoms with Crippen LogP contribution < -0.4 is 14.8 Å². The fourth-order valence-electron chi connectivity index (χ4n) is 6.67. The first kappa shape index (κ1) is 32.3. The SMILES string of the molecule is COc1cc(C(=O)N2CC3CN(C(=O)Cc4c[nH]c5cc(Cl)ccc45)CC(C(=O)NCc4ccc(C)nn4)C3C2)ccc1OC(C)C. The number of carbonyl (C=O) groups is 3. The zero-order valence-electron chi connectivity index (χ0n) is 27.0. The average molecular weight is 659 g/mol. The lowest BCUT2D eigenvalue weighted by Crippen LogP contribution is -2.53. The van der Waals surface area contributed by atoms with E-state index in [4.69, 9.17) is 21.1 Å². The summed E-state index contributed by atoms with van der Waals surface area (Å²) >= 11 is 6.16. The van der Waals surface area contributed by atoms with Crippen molar-refractivity contribution >= 4 is 40.2 Å². The van der Waals surface area contributed by atoms with Crippen molar-refractivity contribution in [3.63, 3.8) is 0 Å². The first-order valence-corrected chi connectivity index (χ1v) is 16.2. The van der Waals surface area contributed by atoms with Gasteiger partial charge in [0.2, 0.25) is 11.8 Å². The van der Waals surface area contributed by atoms with Crippen molar-refractivity contribution in [1.82, 2.24) is 30.3 Å². The number of hydrogen-bond acceptors (Lipinski definition) is 7. The molecule has 2 aliphatic rings. The van der Waals surface area contributed by atoms with Crippen molar-refractivity contribution in [3.05, 3.63) is 82.3 Å². The van der Waals surface area contributed by atoms with Gasteiger partial charge in [0.1, 0.15) is 0 Å². The molecule has 2 N–H and O–H groups in total. The number of piperidine rings is 1. The second-order valence-corrected chi connectivity index (χ2v) is 13.1. The third-order valence-electron chi connectivity index (χ3n) is 9.00. The lowest BCUT2D eigenvalue weighted by molar-refractivity contribution is -0.138. The number of benzene rings is 2. The lowest BCUT2D eigenvalue weighted by Gasteiger charge is -2.39. The second-order valence-electron chi connectivity index (χ2n) is 12.6. The maximum atomic E-state index is 13.8. The molecule has 2 aromatic carbocycles. The van der Waals surface area contributed by atoms with Crippen molar-refractivity contribution in [3.8, 4) is 11.5 Å². The minimum absolute atomic E-state index is 0.0478. The number of aromatic nitrogens is 3. The molecule has 0 spiro atoms. The Hall–Kier alpha value is -4.64. The van der Waals surface area contributed by atoms with Crippen molar-refractivity contribution in [1.29, 1.82) is 0 Å². The highest BCUT2D eigenvalue weighted by molar-refractivity contribution is 6.31. The van der Waals surface area contributed by atoms with Crippen molar-refractivity contribution in [2.45, 2.75) is 39.8 Å². The molecule has 0 aliphatic carbocycles. The number of nitrogens with one attached hydrogen (secondary N) is 2. The molecule has 11 nitrogen and oxygen atoms in total. The van der Waals surface area contributed by atoms with E-state index < -0.39 is 5.92 Å². The first-order valence-electron chi connectivity index (χ1n) is 15.8. The Balaban J connectivity index is 1.21. The molecular formula is C35H39ClN6O5. The molecule has 0 radical (unpaired) electrons.